The van der Waals surface area contributed by atoms with Crippen LogP contribution >= 0.6 is 0 Å². The molecule has 1 aliphatic rings. The summed E-state index contributed by atoms with van der Waals surface area (Å²) in [6.07, 6.45) is 8.12. The second-order valence-electron chi connectivity index (χ2n) is 4.36. The third-order valence-corrected chi connectivity index (χ3v) is 3.08. The topological polar surface area (TPSA) is 23.9 Å². The van der Waals surface area contributed by atoms with Gasteiger partial charge in [0.2, 0.25) is 0 Å². The third kappa shape index (κ3) is 2.96. The van der Waals surface area contributed by atoms with Gasteiger partial charge in [-0.1, -0.05) is 39.0 Å². The molecule has 0 spiro atoms. The maximum atomic E-state index is 7.44. The predicted molar refractivity (Wildman–Crippen MR) is 53.8 cm³/mol. The maximum absolute atomic E-state index is 7.44. The molecule has 0 saturated heterocycles. The van der Waals surface area contributed by atoms with Crippen LogP contribution < -0.4 is 0 Å². The Morgan fingerprint density at radius 3 is 2.42 bits per heavy atom. The largest absolute Gasteiger partial charge is 0.310 e. The summed E-state index contributed by atoms with van der Waals surface area (Å²) >= 11 is 0. The smallest absolute Gasteiger partial charge is 0.00609 e. The minimum Gasteiger partial charge on any atom is -0.310 e. The molecule has 0 aliphatic heterocycles. The number of rotatable bonds is 3. The Morgan fingerprint density at radius 1 is 1.33 bits per heavy atom. The minimum atomic E-state index is 0.753. The van der Waals surface area contributed by atoms with E-state index in [-0.39, 0.29) is 0 Å². The lowest BCUT2D eigenvalue weighted by molar-refractivity contribution is 0.268. The first-order valence-electron chi connectivity index (χ1n) is 5.24. The van der Waals surface area contributed by atoms with Crippen LogP contribution in [-0.2, 0) is 0 Å². The van der Waals surface area contributed by atoms with E-state index < -0.39 is 0 Å². The zero-order valence-corrected chi connectivity index (χ0v) is 8.40. The van der Waals surface area contributed by atoms with Crippen molar-refractivity contribution in [3.8, 4) is 0 Å². The number of hydrogen-bond acceptors (Lipinski definition) is 1. The van der Waals surface area contributed by atoms with E-state index in [1.54, 1.807) is 0 Å². The summed E-state index contributed by atoms with van der Waals surface area (Å²) in [4.78, 5) is 0. The summed E-state index contributed by atoms with van der Waals surface area (Å²) in [5.41, 5.74) is 0.855. The molecular formula is C11H21N. The van der Waals surface area contributed by atoms with Gasteiger partial charge in [0.15, 0.2) is 0 Å². The molecular weight excluding hydrogens is 146 g/mol. The normalized spacial score (nSPS) is 22.2. The van der Waals surface area contributed by atoms with Gasteiger partial charge in [0.05, 0.1) is 0 Å². The van der Waals surface area contributed by atoms with Crippen molar-refractivity contribution in [3.05, 3.63) is 0 Å². The molecule has 0 aromatic rings. The lowest BCUT2D eigenvalue weighted by Crippen LogP contribution is -2.17. The van der Waals surface area contributed by atoms with E-state index in [2.05, 4.69) is 6.92 Å². The zero-order valence-electron chi connectivity index (χ0n) is 8.40. The Bertz CT molecular complexity index is 145. The quantitative estimate of drug-likeness (QED) is 0.621. The fourth-order valence-electron chi connectivity index (χ4n) is 2.35. The zero-order chi connectivity index (χ0) is 8.97. The van der Waals surface area contributed by atoms with Gasteiger partial charge in [-0.15, -0.1) is 0 Å². The molecule has 1 atom stereocenters. The molecule has 12 heavy (non-hydrogen) atoms. The van der Waals surface area contributed by atoms with Crippen LogP contribution in [0.5, 0.6) is 0 Å². The molecule has 0 amide bonds. The molecule has 0 aromatic carbocycles. The monoisotopic (exact) mass is 167 g/mol. The van der Waals surface area contributed by atoms with Crippen LogP contribution in [0, 0.1) is 17.2 Å². The van der Waals surface area contributed by atoms with Crippen LogP contribution in [0.15, 0.2) is 0 Å². The summed E-state index contributed by atoms with van der Waals surface area (Å²) in [7, 11) is 0. The Balaban J connectivity index is 2.29. The highest BCUT2D eigenvalue weighted by molar-refractivity contribution is 5.78. The van der Waals surface area contributed by atoms with E-state index in [0.717, 1.165) is 24.0 Å². The molecule has 1 rings (SSSR count). The first-order chi connectivity index (χ1) is 5.70. The molecule has 0 bridgehead atoms. The van der Waals surface area contributed by atoms with E-state index in [4.69, 9.17) is 5.41 Å². The van der Waals surface area contributed by atoms with E-state index in [9.17, 15) is 0 Å². The van der Waals surface area contributed by atoms with Crippen LogP contribution in [0.3, 0.4) is 0 Å². The highest BCUT2D eigenvalue weighted by Gasteiger charge is 2.19. The van der Waals surface area contributed by atoms with Crippen molar-refractivity contribution in [1.29, 1.82) is 5.41 Å². The second kappa shape index (κ2) is 4.64. The van der Waals surface area contributed by atoms with Crippen molar-refractivity contribution in [2.75, 3.05) is 0 Å². The van der Waals surface area contributed by atoms with Gasteiger partial charge in [0.25, 0.3) is 0 Å². The van der Waals surface area contributed by atoms with E-state index >= 15 is 0 Å². The van der Waals surface area contributed by atoms with Gasteiger partial charge in [-0.2, -0.15) is 0 Å². The fourth-order valence-corrected chi connectivity index (χ4v) is 2.35. The predicted octanol–water partition coefficient (Wildman–Crippen LogP) is 3.63. The van der Waals surface area contributed by atoms with Gasteiger partial charge in [0.1, 0.15) is 0 Å². The summed E-state index contributed by atoms with van der Waals surface area (Å²) in [6, 6.07) is 0. The molecule has 0 aromatic heterocycles. The first kappa shape index (κ1) is 9.76. The van der Waals surface area contributed by atoms with Crippen molar-refractivity contribution in [2.45, 2.75) is 52.4 Å². The third-order valence-electron chi connectivity index (χ3n) is 3.08. The Hall–Kier alpha value is -0.330. The molecule has 1 unspecified atom stereocenters. The fraction of sp³-hybridized carbons (Fsp3) is 0.909. The van der Waals surface area contributed by atoms with Crippen molar-refractivity contribution in [3.63, 3.8) is 0 Å². The van der Waals surface area contributed by atoms with Gasteiger partial charge >= 0.3 is 0 Å². The average Bonchev–Trinajstić information content (AvgIpc) is 2.05. The van der Waals surface area contributed by atoms with Crippen molar-refractivity contribution >= 4 is 5.71 Å². The molecule has 1 heteroatoms. The van der Waals surface area contributed by atoms with Gasteiger partial charge in [-0.25, -0.2) is 0 Å². The van der Waals surface area contributed by atoms with Gasteiger partial charge < -0.3 is 5.41 Å². The molecule has 1 aliphatic carbocycles. The molecule has 1 saturated carbocycles. The maximum Gasteiger partial charge on any atom is 0.00609 e. The Kier molecular flexibility index (Phi) is 3.77. The molecule has 1 N–H and O–H groups in total. The Morgan fingerprint density at radius 2 is 1.92 bits per heavy atom. The van der Waals surface area contributed by atoms with E-state index in [0.29, 0.717) is 0 Å². The summed E-state index contributed by atoms with van der Waals surface area (Å²) in [5.74, 6) is 1.67. The van der Waals surface area contributed by atoms with E-state index in [1.165, 1.54) is 32.1 Å². The van der Waals surface area contributed by atoms with Crippen molar-refractivity contribution in [1.82, 2.24) is 0 Å². The number of hydrogen-bond donors (Lipinski definition) is 1. The Labute approximate surface area is 76.1 Å². The van der Waals surface area contributed by atoms with Crippen LogP contribution in [0.1, 0.15) is 52.4 Å². The highest BCUT2D eigenvalue weighted by Crippen LogP contribution is 2.31. The van der Waals surface area contributed by atoms with Crippen LogP contribution in [0.2, 0.25) is 0 Å². The summed E-state index contributed by atoms with van der Waals surface area (Å²) < 4.78 is 0. The van der Waals surface area contributed by atoms with Gasteiger partial charge in [-0.3, -0.25) is 0 Å². The second-order valence-corrected chi connectivity index (χ2v) is 4.36. The molecule has 1 fully saturated rings. The minimum absolute atomic E-state index is 0.753. The highest BCUT2D eigenvalue weighted by atomic mass is 14.4. The first-order valence-corrected chi connectivity index (χ1v) is 5.24. The molecule has 0 heterocycles. The molecule has 70 valence electrons. The number of nitrogens with one attached hydrogen (secondary N) is 1. The summed E-state index contributed by atoms with van der Waals surface area (Å²) in [5, 5.41) is 7.44. The van der Waals surface area contributed by atoms with Crippen molar-refractivity contribution < 1.29 is 0 Å². The standard InChI is InChI=1S/C11H21N/c1-9(8-10(2)12)11-6-4-3-5-7-11/h9,11-12H,3-8H2,1-2H3. The average molecular weight is 167 g/mol. The van der Waals surface area contributed by atoms with Gasteiger partial charge in [-0.05, 0) is 25.2 Å². The lowest BCUT2D eigenvalue weighted by Gasteiger charge is -2.27. The van der Waals surface area contributed by atoms with Crippen molar-refractivity contribution in [2.24, 2.45) is 11.8 Å². The summed E-state index contributed by atoms with van der Waals surface area (Å²) in [6.45, 7) is 4.24. The lowest BCUT2D eigenvalue weighted by atomic mass is 9.79. The molecule has 1 nitrogen and oxygen atoms in total. The van der Waals surface area contributed by atoms with Crippen LogP contribution in [0.25, 0.3) is 0 Å². The van der Waals surface area contributed by atoms with Crippen LogP contribution in [-0.4, -0.2) is 5.71 Å². The van der Waals surface area contributed by atoms with Crippen LogP contribution in [0.4, 0.5) is 0 Å². The molecule has 0 radical (unpaired) electrons. The van der Waals surface area contributed by atoms with Gasteiger partial charge in [0, 0.05) is 5.71 Å². The van der Waals surface area contributed by atoms with E-state index in [1.807, 2.05) is 6.92 Å². The SMILES string of the molecule is CC(=N)CC(C)C1CCCCC1.